The molecule has 3 atom stereocenters. The highest BCUT2D eigenvalue weighted by molar-refractivity contribution is 8.04. The van der Waals surface area contributed by atoms with Gasteiger partial charge in [0.15, 0.2) is 0 Å². The number of anilines is 1. The molecule has 46 heavy (non-hydrogen) atoms. The van der Waals surface area contributed by atoms with Crippen molar-refractivity contribution in [1.82, 2.24) is 4.90 Å². The van der Waals surface area contributed by atoms with E-state index < -0.39 is 61.3 Å². The van der Waals surface area contributed by atoms with E-state index in [0.29, 0.717) is 10.9 Å². The van der Waals surface area contributed by atoms with E-state index >= 15 is 0 Å². The number of thioether (sulfide) groups is 1. The van der Waals surface area contributed by atoms with Crippen molar-refractivity contribution in [2.24, 2.45) is 11.8 Å². The third kappa shape index (κ3) is 5.80. The first-order chi connectivity index (χ1) is 21.5. The Kier molecular flexibility index (Phi) is 9.73. The molecule has 3 heterocycles. The number of nitrogens with zero attached hydrogens (tertiary/aromatic N) is 2. The van der Waals surface area contributed by atoms with Gasteiger partial charge in [0.25, 0.3) is 10.0 Å². The number of sulfonamides is 1. The van der Waals surface area contributed by atoms with Gasteiger partial charge in [-0.25, -0.2) is 13.2 Å². The van der Waals surface area contributed by atoms with Crippen LogP contribution in [-0.2, 0) is 49.9 Å². The predicted molar refractivity (Wildman–Crippen MR) is 160 cm³/mol. The predicted octanol–water partition coefficient (Wildman–Crippen LogP) is 3.52. The molecule has 3 aliphatic rings. The van der Waals surface area contributed by atoms with Crippen molar-refractivity contribution in [2.45, 2.75) is 36.0 Å². The summed E-state index contributed by atoms with van der Waals surface area (Å²) in [7, 11) is -10.0. The first-order valence-electron chi connectivity index (χ1n) is 13.2. The minimum Gasteiger partial charge on any atom is -0.457 e. The summed E-state index contributed by atoms with van der Waals surface area (Å²) in [5.74, 6) is -2.89. The van der Waals surface area contributed by atoms with Crippen molar-refractivity contribution in [3.8, 4) is 0 Å². The average molecular weight is 707 g/mol. The molecule has 1 fully saturated rings. The Bertz CT molecular complexity index is 1880. The molecule has 0 radical (unpaired) electrons. The van der Waals surface area contributed by atoms with Gasteiger partial charge in [-0.2, -0.15) is 21.6 Å². The first kappa shape index (κ1) is 35.1. The van der Waals surface area contributed by atoms with E-state index in [1.54, 1.807) is 13.0 Å². The number of hydrogen-bond acceptors (Lipinski definition) is 12. The number of ether oxygens (including phenoxy) is 1. The Labute approximate surface area is 264 Å². The van der Waals surface area contributed by atoms with E-state index in [-0.39, 0.29) is 51.9 Å². The highest BCUT2D eigenvalue weighted by atomic mass is 32.2. The van der Waals surface area contributed by atoms with Crippen LogP contribution in [0.4, 0.5) is 18.9 Å². The Hall–Kier alpha value is -3.81. The molecule has 0 N–H and O–H groups in total. The second kappa shape index (κ2) is 12.8. The van der Waals surface area contributed by atoms with Crippen LogP contribution in [0.2, 0.25) is 0 Å². The maximum absolute atomic E-state index is 13.8. The molecule has 0 saturated carbocycles. The van der Waals surface area contributed by atoms with Gasteiger partial charge in [0, 0.05) is 26.1 Å². The quantitative estimate of drug-likeness (QED) is 0.109. The zero-order valence-corrected chi connectivity index (χ0v) is 26.4. The number of halogens is 3. The molecule has 1 amide bonds. The molecule has 2 aromatic rings. The van der Waals surface area contributed by atoms with Crippen molar-refractivity contribution in [1.29, 1.82) is 0 Å². The fourth-order valence-electron chi connectivity index (χ4n) is 5.36. The van der Waals surface area contributed by atoms with Crippen molar-refractivity contribution < 1.29 is 53.3 Å². The second-order valence-corrected chi connectivity index (χ2v) is 14.9. The van der Waals surface area contributed by atoms with E-state index in [2.05, 4.69) is 10.8 Å². The number of hydrogen-bond donors (Lipinski definition) is 0. The molecule has 0 aliphatic carbocycles. The fraction of sp³-hybridized carbons (Fsp3) is 0.370. The number of β-lactam (4-membered cyclic amide) rings is 1. The van der Waals surface area contributed by atoms with E-state index in [9.17, 15) is 44.4 Å². The van der Waals surface area contributed by atoms with E-state index in [0.717, 1.165) is 16.1 Å². The maximum Gasteiger partial charge on any atom is 0.523 e. The number of Topliss-reactive ketones (excluding diaryl/α,β-unsaturated/α-hetero) is 1. The minimum absolute atomic E-state index is 0.0995. The van der Waals surface area contributed by atoms with Gasteiger partial charge in [-0.05, 0) is 36.4 Å². The van der Waals surface area contributed by atoms with Gasteiger partial charge in [-0.15, -0.1) is 0 Å². The van der Waals surface area contributed by atoms with Crippen LogP contribution in [0.1, 0.15) is 19.4 Å². The number of amides is 1. The molecule has 3 aliphatic heterocycles. The molecular formula is C27H25F3N2O11S3. The van der Waals surface area contributed by atoms with Gasteiger partial charge in [-0.3, -0.25) is 23.0 Å². The molecule has 3 unspecified atom stereocenters. The van der Waals surface area contributed by atoms with Crippen LogP contribution >= 0.6 is 11.8 Å². The summed E-state index contributed by atoms with van der Waals surface area (Å²) in [4.78, 5) is 53.6. The number of ketones is 1. The zero-order valence-electron chi connectivity index (χ0n) is 24.0. The summed E-state index contributed by atoms with van der Waals surface area (Å²) in [6.45, 7) is 5.12. The third-order valence-corrected chi connectivity index (χ3v) is 11.8. The number of esters is 1. The summed E-state index contributed by atoms with van der Waals surface area (Å²) >= 11 is 1.10. The van der Waals surface area contributed by atoms with Gasteiger partial charge in [-0.1, -0.05) is 49.5 Å². The molecule has 0 spiro atoms. The van der Waals surface area contributed by atoms with Gasteiger partial charge in [0.2, 0.25) is 5.91 Å². The molecule has 248 valence electrons. The second-order valence-electron chi connectivity index (χ2n) is 10.2. The zero-order chi connectivity index (χ0) is 34.4. The molecule has 0 bridgehead atoms. The minimum atomic E-state index is -5.81. The maximum atomic E-state index is 13.8. The summed E-state index contributed by atoms with van der Waals surface area (Å²) in [5.41, 5.74) is -5.15. The van der Waals surface area contributed by atoms with Crippen LogP contribution in [-0.4, -0.2) is 70.0 Å². The lowest BCUT2D eigenvalue weighted by atomic mass is 9.83. The SMILES string of the molecule is C=CCOC(=O)C1=C(CN2c3cccc4c(CCOS(=O)(=O)C(F)(F)F)ccc(c34)S2(=O)=O)SC2C(C(C)C(C)=O)C(=O)N12.O=O. The molecule has 1 saturated heterocycles. The Morgan fingerprint density at radius 1 is 1.17 bits per heavy atom. The highest BCUT2D eigenvalue weighted by Crippen LogP contribution is 2.53. The highest BCUT2D eigenvalue weighted by Gasteiger charge is 2.59. The van der Waals surface area contributed by atoms with Gasteiger partial charge in [0.05, 0.1) is 35.0 Å². The topological polar surface area (TPSA) is 179 Å². The molecule has 0 aromatic heterocycles. The lowest BCUT2D eigenvalue weighted by Crippen LogP contribution is -2.60. The summed E-state index contributed by atoms with van der Waals surface area (Å²) in [5, 5.41) is -0.0108. The van der Waals surface area contributed by atoms with E-state index in [4.69, 9.17) is 14.7 Å². The molecule has 5 rings (SSSR count). The number of benzene rings is 2. The Morgan fingerprint density at radius 3 is 2.46 bits per heavy atom. The number of carbonyl (C=O) groups is 3. The smallest absolute Gasteiger partial charge is 0.457 e. The van der Waals surface area contributed by atoms with Crippen LogP contribution < -0.4 is 4.31 Å². The van der Waals surface area contributed by atoms with Gasteiger partial charge >= 0.3 is 21.6 Å². The lowest BCUT2D eigenvalue weighted by Gasteiger charge is -2.44. The van der Waals surface area contributed by atoms with Crippen LogP contribution in [0.15, 0.2) is 58.5 Å². The van der Waals surface area contributed by atoms with Crippen molar-refractivity contribution >= 4 is 66.0 Å². The first-order valence-corrected chi connectivity index (χ1v) is 17.0. The number of fused-ring (bicyclic) bond motifs is 1. The summed E-state index contributed by atoms with van der Waals surface area (Å²) < 4.78 is 98.5. The molecule has 13 nitrogen and oxygen atoms in total. The Balaban J connectivity index is 0.00000235. The number of carbonyl (C=O) groups excluding carboxylic acids is 3. The summed E-state index contributed by atoms with van der Waals surface area (Å²) in [6.07, 6.45) is 1.06. The fourth-order valence-corrected chi connectivity index (χ4v) is 9.14. The van der Waals surface area contributed by atoms with Crippen LogP contribution in [0.25, 0.3) is 10.8 Å². The largest absolute Gasteiger partial charge is 0.523 e. The monoisotopic (exact) mass is 706 g/mol. The standard InChI is InChI=1S/C27H25F3N2O9S3.O2/c1-4-11-40-26(35)23-19(42-25-21(14(2)15(3)33)24(34)32(23)25)13-31-18-7-5-6-17-16(8-9-20(22(17)18)43(31,36)37)10-12-41-44(38,39)27(28,29)30;1-2/h4-9,14,21,25H,1,10-13H2,2-3H3;. The van der Waals surface area contributed by atoms with Crippen molar-refractivity contribution in [2.75, 3.05) is 24.1 Å². The molecule has 19 heteroatoms. The van der Waals surface area contributed by atoms with Crippen LogP contribution in [0, 0.1) is 21.8 Å². The van der Waals surface area contributed by atoms with E-state index in [1.807, 2.05) is 0 Å². The number of alkyl halides is 3. The van der Waals surface area contributed by atoms with Crippen LogP contribution in [0.3, 0.4) is 0 Å². The normalized spacial score (nSPS) is 20.5. The number of rotatable bonds is 11. The van der Waals surface area contributed by atoms with Gasteiger partial charge in [0.1, 0.15) is 18.1 Å². The molecular weight excluding hydrogens is 681 g/mol. The van der Waals surface area contributed by atoms with Crippen molar-refractivity contribution in [3.63, 3.8) is 0 Å². The van der Waals surface area contributed by atoms with E-state index in [1.165, 1.54) is 42.2 Å². The average Bonchev–Trinajstić information content (AvgIpc) is 3.43. The third-order valence-electron chi connectivity index (χ3n) is 7.65. The van der Waals surface area contributed by atoms with Crippen LogP contribution in [0.5, 0.6) is 0 Å². The Morgan fingerprint density at radius 2 is 1.85 bits per heavy atom. The summed E-state index contributed by atoms with van der Waals surface area (Å²) in [6, 6.07) is 7.23. The van der Waals surface area contributed by atoms with Crippen molar-refractivity contribution in [3.05, 3.63) is 69.1 Å². The lowest BCUT2D eigenvalue weighted by molar-refractivity contribution is -0.157. The van der Waals surface area contributed by atoms with Gasteiger partial charge < -0.3 is 4.74 Å². The molecule has 2 aromatic carbocycles.